The Balaban J connectivity index is 1.89. The number of nitrogens with one attached hydrogen (secondary N) is 2. The van der Waals surface area contributed by atoms with Gasteiger partial charge >= 0.3 is 6.09 Å². The number of aliphatic imine (C=N–C) groups is 1. The summed E-state index contributed by atoms with van der Waals surface area (Å²) in [5, 5.41) is 6.54. The van der Waals surface area contributed by atoms with Crippen LogP contribution in [0.5, 0.6) is 0 Å². The van der Waals surface area contributed by atoms with E-state index < -0.39 is 5.91 Å². The number of ether oxygens (including phenoxy) is 1. The van der Waals surface area contributed by atoms with Crippen LogP contribution in [0.25, 0.3) is 0 Å². The Bertz CT molecular complexity index is 620. The van der Waals surface area contributed by atoms with E-state index in [1.807, 2.05) is 6.92 Å². The van der Waals surface area contributed by atoms with Gasteiger partial charge < -0.3 is 30.4 Å². The highest BCUT2D eigenvalue weighted by Crippen LogP contribution is 2.12. The lowest BCUT2D eigenvalue weighted by molar-refractivity contribution is 0.0972. The van der Waals surface area contributed by atoms with Gasteiger partial charge in [0.15, 0.2) is 11.7 Å². The van der Waals surface area contributed by atoms with Gasteiger partial charge in [0.05, 0.1) is 7.11 Å². The summed E-state index contributed by atoms with van der Waals surface area (Å²) < 4.78 is 10.1. The van der Waals surface area contributed by atoms with Crippen molar-refractivity contribution in [2.45, 2.75) is 32.4 Å². The molecule has 138 valence electrons. The number of piperidine rings is 1. The average Bonchev–Trinajstić information content (AvgIpc) is 3.09. The zero-order valence-corrected chi connectivity index (χ0v) is 14.6. The van der Waals surface area contributed by atoms with Gasteiger partial charge in [-0.25, -0.2) is 9.79 Å². The number of amides is 2. The molecule has 0 saturated carbocycles. The Morgan fingerprint density at radius 3 is 2.68 bits per heavy atom. The number of rotatable bonds is 5. The molecular weight excluding hydrogens is 326 g/mol. The molecule has 1 aromatic heterocycles. The number of methoxy groups -OCH3 is 1. The monoisotopic (exact) mass is 351 g/mol. The van der Waals surface area contributed by atoms with E-state index in [4.69, 9.17) is 14.9 Å². The number of hydrogen-bond acceptors (Lipinski definition) is 5. The molecule has 1 saturated heterocycles. The third kappa shape index (κ3) is 5.40. The van der Waals surface area contributed by atoms with Crippen molar-refractivity contribution < 1.29 is 18.7 Å². The molecule has 9 heteroatoms. The summed E-state index contributed by atoms with van der Waals surface area (Å²) >= 11 is 0. The van der Waals surface area contributed by atoms with Crippen molar-refractivity contribution in [3.8, 4) is 0 Å². The van der Waals surface area contributed by atoms with Crippen LogP contribution in [-0.4, -0.2) is 55.6 Å². The lowest BCUT2D eigenvalue weighted by atomic mass is 10.1. The second-order valence-corrected chi connectivity index (χ2v) is 5.70. The second kappa shape index (κ2) is 8.95. The van der Waals surface area contributed by atoms with Crippen molar-refractivity contribution in [2.24, 2.45) is 10.7 Å². The molecule has 2 rings (SSSR count). The molecule has 0 aliphatic carbocycles. The highest BCUT2D eigenvalue weighted by atomic mass is 16.5. The first-order valence-electron chi connectivity index (χ1n) is 8.29. The van der Waals surface area contributed by atoms with Crippen LogP contribution in [0.4, 0.5) is 4.79 Å². The maximum atomic E-state index is 11.5. The number of furan rings is 1. The molecule has 0 unspecified atom stereocenters. The fourth-order valence-corrected chi connectivity index (χ4v) is 2.60. The minimum absolute atomic E-state index is 0.123. The van der Waals surface area contributed by atoms with Crippen molar-refractivity contribution in [3.63, 3.8) is 0 Å². The Morgan fingerprint density at radius 1 is 1.40 bits per heavy atom. The molecule has 0 aromatic carbocycles. The van der Waals surface area contributed by atoms with E-state index in [1.54, 1.807) is 11.0 Å². The van der Waals surface area contributed by atoms with E-state index in [1.165, 1.54) is 13.2 Å². The first-order valence-corrected chi connectivity index (χ1v) is 8.29. The number of hydrogen-bond donors (Lipinski definition) is 3. The van der Waals surface area contributed by atoms with Gasteiger partial charge in [0, 0.05) is 25.7 Å². The molecule has 4 N–H and O–H groups in total. The van der Waals surface area contributed by atoms with Crippen molar-refractivity contribution in [3.05, 3.63) is 23.7 Å². The molecular formula is C16H25N5O4. The topological polar surface area (TPSA) is 122 Å². The zero-order valence-electron chi connectivity index (χ0n) is 14.6. The van der Waals surface area contributed by atoms with Crippen LogP contribution in [-0.2, 0) is 11.3 Å². The van der Waals surface area contributed by atoms with Crippen LogP contribution in [0, 0.1) is 0 Å². The molecule has 0 radical (unpaired) electrons. The summed E-state index contributed by atoms with van der Waals surface area (Å²) in [4.78, 5) is 28.7. The van der Waals surface area contributed by atoms with E-state index in [-0.39, 0.29) is 17.9 Å². The van der Waals surface area contributed by atoms with Gasteiger partial charge in [0.2, 0.25) is 0 Å². The fourth-order valence-electron chi connectivity index (χ4n) is 2.60. The molecule has 1 aliphatic heterocycles. The standard InChI is InChI=1S/C16H25N5O4/c1-3-18-15(19-10-12-4-5-13(25-12)14(17)22)20-11-6-8-21(9-7-11)16(23)24-2/h4-5,11H,3,6-10H2,1-2H3,(H2,17,22)(H2,18,19,20). The van der Waals surface area contributed by atoms with Crippen LogP contribution in [0.2, 0.25) is 0 Å². The zero-order chi connectivity index (χ0) is 18.2. The minimum Gasteiger partial charge on any atom is -0.454 e. The van der Waals surface area contributed by atoms with Crippen LogP contribution >= 0.6 is 0 Å². The summed E-state index contributed by atoms with van der Waals surface area (Å²) in [5.41, 5.74) is 5.17. The van der Waals surface area contributed by atoms with Crippen LogP contribution in [0.3, 0.4) is 0 Å². The van der Waals surface area contributed by atoms with E-state index in [9.17, 15) is 9.59 Å². The van der Waals surface area contributed by atoms with Crippen LogP contribution < -0.4 is 16.4 Å². The normalized spacial score (nSPS) is 15.8. The number of primary amides is 1. The van der Waals surface area contributed by atoms with Gasteiger partial charge in [-0.05, 0) is 31.9 Å². The van der Waals surface area contributed by atoms with Gasteiger partial charge in [0.25, 0.3) is 5.91 Å². The van der Waals surface area contributed by atoms with Crippen molar-refractivity contribution in [1.29, 1.82) is 0 Å². The van der Waals surface area contributed by atoms with E-state index >= 15 is 0 Å². The predicted octanol–water partition coefficient (Wildman–Crippen LogP) is 0.664. The molecule has 1 fully saturated rings. The lowest BCUT2D eigenvalue weighted by Gasteiger charge is -2.32. The van der Waals surface area contributed by atoms with Gasteiger partial charge in [-0.3, -0.25) is 4.79 Å². The summed E-state index contributed by atoms with van der Waals surface area (Å²) in [7, 11) is 1.39. The van der Waals surface area contributed by atoms with E-state index in [0.29, 0.717) is 31.4 Å². The Hall–Kier alpha value is -2.71. The maximum absolute atomic E-state index is 11.5. The van der Waals surface area contributed by atoms with E-state index in [0.717, 1.165) is 19.4 Å². The largest absolute Gasteiger partial charge is 0.454 e. The highest BCUT2D eigenvalue weighted by Gasteiger charge is 2.23. The van der Waals surface area contributed by atoms with Crippen LogP contribution in [0.1, 0.15) is 36.1 Å². The van der Waals surface area contributed by atoms with Gasteiger partial charge in [0.1, 0.15) is 12.3 Å². The summed E-state index contributed by atoms with van der Waals surface area (Å²) in [6.45, 7) is 4.28. The molecule has 25 heavy (non-hydrogen) atoms. The Kier molecular flexibility index (Phi) is 6.67. The number of nitrogens with zero attached hydrogens (tertiary/aromatic N) is 2. The van der Waals surface area contributed by atoms with Gasteiger partial charge in [-0.1, -0.05) is 0 Å². The number of carbonyl (C=O) groups excluding carboxylic acids is 2. The van der Waals surface area contributed by atoms with Crippen molar-refractivity contribution in [1.82, 2.24) is 15.5 Å². The second-order valence-electron chi connectivity index (χ2n) is 5.70. The molecule has 0 bridgehead atoms. The lowest BCUT2D eigenvalue weighted by Crippen LogP contribution is -2.49. The highest BCUT2D eigenvalue weighted by molar-refractivity contribution is 5.89. The van der Waals surface area contributed by atoms with E-state index in [2.05, 4.69) is 15.6 Å². The van der Waals surface area contributed by atoms with Crippen LogP contribution in [0.15, 0.2) is 21.5 Å². The number of carbonyl (C=O) groups is 2. The quantitative estimate of drug-likeness (QED) is 0.529. The smallest absolute Gasteiger partial charge is 0.409 e. The Morgan fingerprint density at radius 2 is 2.12 bits per heavy atom. The fraction of sp³-hybridized carbons (Fsp3) is 0.562. The van der Waals surface area contributed by atoms with Gasteiger partial charge in [-0.15, -0.1) is 0 Å². The first-order chi connectivity index (χ1) is 12.0. The summed E-state index contributed by atoms with van der Waals surface area (Å²) in [5.74, 6) is 0.749. The first kappa shape index (κ1) is 18.6. The molecule has 0 spiro atoms. The van der Waals surface area contributed by atoms with Crippen molar-refractivity contribution in [2.75, 3.05) is 26.7 Å². The average molecular weight is 351 g/mol. The molecule has 0 atom stereocenters. The molecule has 1 aliphatic rings. The van der Waals surface area contributed by atoms with Crippen molar-refractivity contribution >= 4 is 18.0 Å². The third-order valence-corrected chi connectivity index (χ3v) is 3.91. The van der Waals surface area contributed by atoms with Gasteiger partial charge in [-0.2, -0.15) is 0 Å². The Labute approximate surface area is 146 Å². The SMILES string of the molecule is CCNC(=NCc1ccc(C(N)=O)o1)NC1CCN(C(=O)OC)CC1. The molecule has 2 heterocycles. The molecule has 9 nitrogen and oxygen atoms in total. The number of guanidine groups is 1. The minimum atomic E-state index is -0.599. The number of likely N-dealkylation sites (tertiary alicyclic amines) is 1. The summed E-state index contributed by atoms with van der Waals surface area (Å²) in [6, 6.07) is 3.44. The molecule has 2 amide bonds. The molecule has 1 aromatic rings. The summed E-state index contributed by atoms with van der Waals surface area (Å²) in [6.07, 6.45) is 1.33. The third-order valence-electron chi connectivity index (χ3n) is 3.91. The number of nitrogens with two attached hydrogens (primary N) is 1. The predicted molar refractivity (Wildman–Crippen MR) is 92.2 cm³/mol. The maximum Gasteiger partial charge on any atom is 0.409 e.